The van der Waals surface area contributed by atoms with Crippen LogP contribution in [0.15, 0.2) is 52.4 Å². The van der Waals surface area contributed by atoms with E-state index in [1.165, 1.54) is 0 Å². The average Bonchev–Trinajstić information content (AvgIpc) is 2.25. The summed E-state index contributed by atoms with van der Waals surface area (Å²) < 4.78 is 1.09. The Morgan fingerprint density at radius 2 is 2.00 bits per heavy atom. The smallest absolute Gasteiger partial charge is 0.130 e. The van der Waals surface area contributed by atoms with Crippen molar-refractivity contribution in [2.75, 3.05) is 18.9 Å². The molecular formula is C12H14BrN3. The van der Waals surface area contributed by atoms with Crippen molar-refractivity contribution in [2.45, 2.75) is 0 Å². The van der Waals surface area contributed by atoms with E-state index in [2.05, 4.69) is 26.1 Å². The van der Waals surface area contributed by atoms with E-state index in [0.717, 1.165) is 28.2 Å². The van der Waals surface area contributed by atoms with Gasteiger partial charge in [-0.3, -0.25) is 0 Å². The monoisotopic (exact) mass is 279 g/mol. The number of anilines is 1. The molecule has 0 amide bonds. The Labute approximate surface area is 104 Å². The molecule has 0 aliphatic carbocycles. The average molecular weight is 280 g/mol. The summed E-state index contributed by atoms with van der Waals surface area (Å²) in [6.07, 6.45) is 1.94. The summed E-state index contributed by atoms with van der Waals surface area (Å²) in [5.41, 5.74) is 7.76. The van der Waals surface area contributed by atoms with Crippen LogP contribution in [0.5, 0.6) is 0 Å². The number of allylic oxidation sites excluding steroid dienone is 1. The van der Waals surface area contributed by atoms with Gasteiger partial charge in [0.15, 0.2) is 0 Å². The largest absolute Gasteiger partial charge is 0.396 e. The van der Waals surface area contributed by atoms with Crippen molar-refractivity contribution >= 4 is 21.6 Å². The Bertz CT molecular complexity index is 437. The highest BCUT2D eigenvalue weighted by Crippen LogP contribution is 2.21. The molecule has 1 aromatic carbocycles. The van der Waals surface area contributed by atoms with Crippen molar-refractivity contribution < 1.29 is 0 Å². The summed E-state index contributed by atoms with van der Waals surface area (Å²) in [7, 11) is 2.01. The topological polar surface area (TPSA) is 41.3 Å². The van der Waals surface area contributed by atoms with Crippen LogP contribution in [0.3, 0.4) is 0 Å². The quantitative estimate of drug-likeness (QED) is 0.874. The molecule has 0 fully saturated rings. The number of benzene rings is 1. The number of nitrogens with zero attached hydrogens (tertiary/aromatic N) is 1. The van der Waals surface area contributed by atoms with Gasteiger partial charge in [-0.15, -0.1) is 0 Å². The molecule has 0 saturated carbocycles. The first-order valence-electron chi connectivity index (χ1n) is 5.06. The molecule has 0 spiro atoms. The van der Waals surface area contributed by atoms with Crippen LogP contribution in [0, 0.1) is 0 Å². The lowest BCUT2D eigenvalue weighted by atomic mass is 10.2. The van der Waals surface area contributed by atoms with E-state index >= 15 is 0 Å². The Balaban J connectivity index is 2.24. The second kappa shape index (κ2) is 4.61. The molecule has 0 aromatic heterocycles. The summed E-state index contributed by atoms with van der Waals surface area (Å²) in [6, 6.07) is 10.0. The Morgan fingerprint density at radius 1 is 1.31 bits per heavy atom. The second-order valence-corrected chi connectivity index (χ2v) is 4.76. The molecule has 0 radical (unpaired) electrons. The van der Waals surface area contributed by atoms with Crippen molar-refractivity contribution in [1.29, 1.82) is 0 Å². The highest BCUT2D eigenvalue weighted by atomic mass is 79.9. The maximum Gasteiger partial charge on any atom is 0.130 e. The van der Waals surface area contributed by atoms with E-state index in [1.807, 2.05) is 43.5 Å². The minimum Gasteiger partial charge on any atom is -0.396 e. The molecule has 1 aliphatic rings. The standard InChI is InChI=1S/C12H14BrN3/c1-16-8-9(13)7-11(14)12(16)15-10-5-3-2-4-6-10/h2-7,15H,8,14H2,1H3. The minimum atomic E-state index is 0.740. The third kappa shape index (κ3) is 2.39. The normalized spacial score (nSPS) is 16.1. The first-order valence-corrected chi connectivity index (χ1v) is 5.85. The zero-order chi connectivity index (χ0) is 11.5. The van der Waals surface area contributed by atoms with Crippen molar-refractivity contribution in [3.05, 3.63) is 52.4 Å². The second-order valence-electron chi connectivity index (χ2n) is 3.74. The van der Waals surface area contributed by atoms with Gasteiger partial charge >= 0.3 is 0 Å². The van der Waals surface area contributed by atoms with E-state index in [-0.39, 0.29) is 0 Å². The number of nitrogens with two attached hydrogens (primary N) is 1. The number of hydrogen-bond donors (Lipinski definition) is 2. The Hall–Kier alpha value is -1.42. The molecular weight excluding hydrogens is 266 g/mol. The molecule has 0 saturated heterocycles. The molecule has 3 N–H and O–H groups in total. The summed E-state index contributed by atoms with van der Waals surface area (Å²) >= 11 is 3.46. The third-order valence-corrected chi connectivity index (χ3v) is 2.87. The third-order valence-electron chi connectivity index (χ3n) is 2.39. The Morgan fingerprint density at radius 3 is 2.62 bits per heavy atom. The highest BCUT2D eigenvalue weighted by Gasteiger charge is 2.14. The number of rotatable bonds is 2. The van der Waals surface area contributed by atoms with E-state index in [4.69, 9.17) is 5.73 Å². The van der Waals surface area contributed by atoms with Gasteiger partial charge in [0, 0.05) is 17.2 Å². The zero-order valence-electron chi connectivity index (χ0n) is 9.07. The van der Waals surface area contributed by atoms with E-state index < -0.39 is 0 Å². The minimum absolute atomic E-state index is 0.740. The van der Waals surface area contributed by atoms with Gasteiger partial charge in [0.05, 0.1) is 12.2 Å². The molecule has 84 valence electrons. The lowest BCUT2D eigenvalue weighted by molar-refractivity contribution is 0.455. The van der Waals surface area contributed by atoms with Crippen LogP contribution >= 0.6 is 15.9 Å². The van der Waals surface area contributed by atoms with Crippen molar-refractivity contribution in [3.63, 3.8) is 0 Å². The number of halogens is 1. The molecule has 0 unspecified atom stereocenters. The number of likely N-dealkylation sites (N-methyl/N-ethyl adjacent to an activating group) is 1. The molecule has 1 aliphatic heterocycles. The molecule has 1 heterocycles. The van der Waals surface area contributed by atoms with Crippen molar-refractivity contribution in [3.8, 4) is 0 Å². The van der Waals surface area contributed by atoms with Gasteiger partial charge in [-0.25, -0.2) is 0 Å². The van der Waals surface area contributed by atoms with Crippen molar-refractivity contribution in [2.24, 2.45) is 5.73 Å². The molecule has 16 heavy (non-hydrogen) atoms. The summed E-state index contributed by atoms with van der Waals surface area (Å²) in [4.78, 5) is 2.08. The van der Waals surface area contributed by atoms with Crippen LogP contribution in [0.1, 0.15) is 0 Å². The van der Waals surface area contributed by atoms with E-state index in [9.17, 15) is 0 Å². The zero-order valence-corrected chi connectivity index (χ0v) is 10.7. The van der Waals surface area contributed by atoms with Crippen LogP contribution in [0.2, 0.25) is 0 Å². The lowest BCUT2D eigenvalue weighted by Gasteiger charge is -2.28. The predicted octanol–water partition coefficient (Wildman–Crippen LogP) is 2.45. The SMILES string of the molecule is CN1CC(Br)=CC(N)=C1Nc1ccccc1. The highest BCUT2D eigenvalue weighted by molar-refractivity contribution is 9.11. The van der Waals surface area contributed by atoms with Crippen LogP contribution in [-0.2, 0) is 0 Å². The van der Waals surface area contributed by atoms with Gasteiger partial charge in [-0.2, -0.15) is 0 Å². The Kier molecular flexibility index (Phi) is 3.19. The van der Waals surface area contributed by atoms with Gasteiger partial charge in [-0.1, -0.05) is 34.1 Å². The van der Waals surface area contributed by atoms with E-state index in [0.29, 0.717) is 0 Å². The first kappa shape index (κ1) is 11.1. The fourth-order valence-electron chi connectivity index (χ4n) is 1.63. The number of para-hydroxylation sites is 1. The maximum absolute atomic E-state index is 5.98. The van der Waals surface area contributed by atoms with Gasteiger partial charge < -0.3 is 16.0 Å². The summed E-state index contributed by atoms with van der Waals surface area (Å²) in [5.74, 6) is 0.939. The predicted molar refractivity (Wildman–Crippen MR) is 70.9 cm³/mol. The van der Waals surface area contributed by atoms with Crippen molar-refractivity contribution in [1.82, 2.24) is 4.90 Å². The molecule has 3 nitrogen and oxygen atoms in total. The maximum atomic E-state index is 5.98. The van der Waals surface area contributed by atoms with Crippen LogP contribution in [0.4, 0.5) is 5.69 Å². The van der Waals surface area contributed by atoms with Gasteiger partial charge in [-0.05, 0) is 18.2 Å². The van der Waals surface area contributed by atoms with Gasteiger partial charge in [0.2, 0.25) is 0 Å². The van der Waals surface area contributed by atoms with Gasteiger partial charge in [0.25, 0.3) is 0 Å². The molecule has 4 heteroatoms. The first-order chi connectivity index (χ1) is 7.66. The fourth-order valence-corrected chi connectivity index (χ4v) is 2.26. The van der Waals surface area contributed by atoms with Gasteiger partial charge in [0.1, 0.15) is 5.82 Å². The molecule has 1 aromatic rings. The summed E-state index contributed by atoms with van der Waals surface area (Å²) in [5, 5.41) is 3.32. The molecule has 2 rings (SSSR count). The molecule has 0 bridgehead atoms. The van der Waals surface area contributed by atoms with Crippen LogP contribution in [0.25, 0.3) is 0 Å². The van der Waals surface area contributed by atoms with Crippen LogP contribution < -0.4 is 11.1 Å². The fraction of sp³-hybridized carbons (Fsp3) is 0.167. The number of nitrogens with one attached hydrogen (secondary N) is 1. The summed E-state index contributed by atoms with van der Waals surface area (Å²) in [6.45, 7) is 0.829. The number of hydrogen-bond acceptors (Lipinski definition) is 3. The van der Waals surface area contributed by atoms with Crippen LogP contribution in [-0.4, -0.2) is 18.5 Å². The molecule has 0 atom stereocenters. The lowest BCUT2D eigenvalue weighted by Crippen LogP contribution is -2.30. The van der Waals surface area contributed by atoms with E-state index in [1.54, 1.807) is 0 Å².